The Balaban J connectivity index is 2.84. The Labute approximate surface area is 146 Å². The summed E-state index contributed by atoms with van der Waals surface area (Å²) in [6.07, 6.45) is -10.0. The van der Waals surface area contributed by atoms with Crippen LogP contribution in [-0.2, 0) is 19.0 Å². The number of carbonyl (C=O) groups excluding carboxylic acids is 1. The second kappa shape index (κ2) is 7.41. The first-order valence-electron chi connectivity index (χ1n) is 7.48. The molecule has 0 radical (unpaired) electrons. The van der Waals surface area contributed by atoms with Crippen molar-refractivity contribution in [3.8, 4) is 0 Å². The highest BCUT2D eigenvalue weighted by Gasteiger charge is 2.55. The predicted octanol–water partition coefficient (Wildman–Crippen LogP) is 3.43. The van der Waals surface area contributed by atoms with E-state index in [-0.39, 0.29) is 13.1 Å². The molecule has 1 aliphatic rings. The largest absolute Gasteiger partial charge is 0.523 e. The van der Waals surface area contributed by atoms with Crippen LogP contribution in [0.2, 0.25) is 0 Å². The quantitative estimate of drug-likeness (QED) is 0.401. The molecule has 0 bridgehead atoms. The molecular weight excluding hydrogens is 396 g/mol. The Kier molecular flexibility index (Phi) is 6.50. The monoisotopic (exact) mass is 415 g/mol. The number of piperidine rings is 1. The highest BCUT2D eigenvalue weighted by atomic mass is 32.2. The number of rotatable bonds is 3. The normalized spacial score (nSPS) is 19.3. The summed E-state index contributed by atoms with van der Waals surface area (Å²) in [7, 11) is -6.41. The average molecular weight is 415 g/mol. The molecule has 1 heterocycles. The van der Waals surface area contributed by atoms with Crippen LogP contribution in [0, 0.1) is 5.92 Å². The van der Waals surface area contributed by atoms with Gasteiger partial charge in [0.05, 0.1) is 0 Å². The average Bonchev–Trinajstić information content (AvgIpc) is 2.41. The van der Waals surface area contributed by atoms with Crippen molar-refractivity contribution in [2.75, 3.05) is 13.1 Å². The Bertz CT molecular complexity index is 602. The van der Waals surface area contributed by atoms with E-state index in [0.717, 1.165) is 4.90 Å². The molecule has 26 heavy (non-hydrogen) atoms. The molecule has 1 fully saturated rings. The van der Waals surface area contributed by atoms with Gasteiger partial charge >= 0.3 is 27.9 Å². The van der Waals surface area contributed by atoms with Gasteiger partial charge in [0.1, 0.15) is 5.60 Å². The molecule has 0 aromatic carbocycles. The van der Waals surface area contributed by atoms with Gasteiger partial charge in [0.2, 0.25) is 0 Å². The Morgan fingerprint density at radius 1 is 1.04 bits per heavy atom. The first-order chi connectivity index (χ1) is 11.4. The van der Waals surface area contributed by atoms with Crippen molar-refractivity contribution >= 4 is 16.2 Å². The van der Waals surface area contributed by atoms with Crippen LogP contribution in [0.4, 0.5) is 31.1 Å². The molecule has 0 aliphatic carbocycles. The fourth-order valence-electron chi connectivity index (χ4n) is 2.30. The van der Waals surface area contributed by atoms with Crippen LogP contribution < -0.4 is 0 Å². The summed E-state index contributed by atoms with van der Waals surface area (Å²) in [5.74, 6) is -1.55. The van der Waals surface area contributed by atoms with Crippen LogP contribution in [0.25, 0.3) is 0 Å². The number of hydrogen-bond acceptors (Lipinski definition) is 5. The van der Waals surface area contributed by atoms with Crippen molar-refractivity contribution in [3.63, 3.8) is 0 Å². The van der Waals surface area contributed by atoms with Gasteiger partial charge in [-0.15, -0.1) is 0 Å². The van der Waals surface area contributed by atoms with E-state index in [0.29, 0.717) is 0 Å². The summed E-state index contributed by atoms with van der Waals surface area (Å²) in [6, 6.07) is 0. The van der Waals surface area contributed by atoms with Crippen LogP contribution in [0.1, 0.15) is 33.6 Å². The number of halogens is 6. The number of amides is 1. The van der Waals surface area contributed by atoms with E-state index in [2.05, 4.69) is 4.18 Å². The number of alkyl halides is 6. The van der Waals surface area contributed by atoms with Crippen molar-refractivity contribution in [2.45, 2.75) is 57.0 Å². The molecule has 1 unspecified atom stereocenters. The molecule has 0 aromatic rings. The van der Waals surface area contributed by atoms with Crippen LogP contribution >= 0.6 is 0 Å². The summed E-state index contributed by atoms with van der Waals surface area (Å²) in [5, 5.41) is 0. The number of carbonyl (C=O) groups is 1. The highest BCUT2D eigenvalue weighted by molar-refractivity contribution is 7.87. The molecule has 6 nitrogen and oxygen atoms in total. The Morgan fingerprint density at radius 2 is 1.50 bits per heavy atom. The molecule has 0 saturated carbocycles. The minimum atomic E-state index is -6.41. The third-order valence-corrected chi connectivity index (χ3v) is 4.48. The second-order valence-electron chi connectivity index (χ2n) is 6.76. The van der Waals surface area contributed by atoms with Gasteiger partial charge in [-0.2, -0.15) is 34.8 Å². The topological polar surface area (TPSA) is 72.9 Å². The molecule has 0 N–H and O–H groups in total. The maximum atomic E-state index is 13.0. The zero-order chi connectivity index (χ0) is 20.6. The molecule has 0 spiro atoms. The van der Waals surface area contributed by atoms with Crippen LogP contribution in [0.15, 0.2) is 0 Å². The van der Waals surface area contributed by atoms with Crippen LogP contribution in [0.3, 0.4) is 0 Å². The van der Waals surface area contributed by atoms with Gasteiger partial charge in [-0.3, -0.25) is 0 Å². The summed E-state index contributed by atoms with van der Waals surface area (Å²) >= 11 is 0. The zero-order valence-electron chi connectivity index (χ0n) is 14.1. The second-order valence-corrected chi connectivity index (χ2v) is 8.33. The molecule has 13 heteroatoms. The molecule has 1 aliphatic heterocycles. The van der Waals surface area contributed by atoms with E-state index in [4.69, 9.17) is 4.74 Å². The highest BCUT2D eigenvalue weighted by Crippen LogP contribution is 2.38. The fourth-order valence-corrected chi connectivity index (χ4v) is 2.95. The zero-order valence-corrected chi connectivity index (χ0v) is 15.0. The van der Waals surface area contributed by atoms with Gasteiger partial charge in [-0.05, 0) is 39.5 Å². The van der Waals surface area contributed by atoms with E-state index in [1.54, 1.807) is 20.8 Å². The van der Waals surface area contributed by atoms with Crippen molar-refractivity contribution in [1.82, 2.24) is 4.90 Å². The van der Waals surface area contributed by atoms with Gasteiger partial charge in [0, 0.05) is 13.1 Å². The van der Waals surface area contributed by atoms with Crippen molar-refractivity contribution < 1.29 is 48.5 Å². The van der Waals surface area contributed by atoms with E-state index < -0.39 is 58.4 Å². The minimum Gasteiger partial charge on any atom is -0.444 e. The maximum Gasteiger partial charge on any atom is 0.523 e. The predicted molar refractivity (Wildman–Crippen MR) is 76.4 cm³/mol. The van der Waals surface area contributed by atoms with Gasteiger partial charge < -0.3 is 9.64 Å². The smallest absolute Gasteiger partial charge is 0.444 e. The number of likely N-dealkylation sites (tertiary alicyclic amines) is 1. The van der Waals surface area contributed by atoms with E-state index in [9.17, 15) is 39.6 Å². The van der Waals surface area contributed by atoms with E-state index in [1.807, 2.05) is 0 Å². The number of nitrogens with zero attached hydrogens (tertiary/aromatic N) is 1. The van der Waals surface area contributed by atoms with Crippen LogP contribution in [0.5, 0.6) is 0 Å². The van der Waals surface area contributed by atoms with Crippen molar-refractivity contribution in [2.24, 2.45) is 5.92 Å². The molecule has 1 atom stereocenters. The van der Waals surface area contributed by atoms with E-state index in [1.165, 1.54) is 0 Å². The molecular formula is C13H19F6NO5S. The lowest BCUT2D eigenvalue weighted by Crippen LogP contribution is -2.48. The van der Waals surface area contributed by atoms with Crippen molar-refractivity contribution in [3.05, 3.63) is 0 Å². The number of ether oxygens (including phenoxy) is 1. The first-order valence-corrected chi connectivity index (χ1v) is 8.89. The standard InChI is InChI=1S/C13H19F6NO5S/c1-11(2,3)24-10(21)20-6-4-8(5-7-20)9(12(14,15)16)25-26(22,23)13(17,18)19/h8-9H,4-7H2,1-3H3. The first kappa shape index (κ1) is 22.8. The summed E-state index contributed by atoms with van der Waals surface area (Å²) in [5.41, 5.74) is -6.79. The summed E-state index contributed by atoms with van der Waals surface area (Å²) in [4.78, 5) is 13.0. The lowest BCUT2D eigenvalue weighted by atomic mass is 9.91. The fraction of sp³-hybridized carbons (Fsp3) is 0.923. The molecule has 1 rings (SSSR count). The molecule has 1 saturated heterocycles. The van der Waals surface area contributed by atoms with E-state index >= 15 is 0 Å². The van der Waals surface area contributed by atoms with Gasteiger partial charge in [-0.1, -0.05) is 0 Å². The summed E-state index contributed by atoms with van der Waals surface area (Å²) < 4.78 is 107. The maximum absolute atomic E-state index is 13.0. The van der Waals surface area contributed by atoms with Gasteiger partial charge in [0.15, 0.2) is 6.10 Å². The van der Waals surface area contributed by atoms with Gasteiger partial charge in [0.25, 0.3) is 0 Å². The van der Waals surface area contributed by atoms with Gasteiger partial charge in [-0.25, -0.2) is 8.98 Å². The third kappa shape index (κ3) is 6.18. The lowest BCUT2D eigenvalue weighted by molar-refractivity contribution is -0.215. The van der Waals surface area contributed by atoms with Crippen LogP contribution in [-0.4, -0.2) is 55.9 Å². The molecule has 154 valence electrons. The Morgan fingerprint density at radius 3 is 1.85 bits per heavy atom. The minimum absolute atomic E-state index is 0.235. The SMILES string of the molecule is CC(C)(C)OC(=O)N1CCC(C(OS(=O)(=O)C(F)(F)F)C(F)(F)F)CC1. The van der Waals surface area contributed by atoms with Crippen molar-refractivity contribution in [1.29, 1.82) is 0 Å². The summed E-state index contributed by atoms with van der Waals surface area (Å²) in [6.45, 7) is 4.30. The molecule has 0 aromatic heterocycles. The lowest BCUT2D eigenvalue weighted by Gasteiger charge is -2.36. The number of hydrogen-bond donors (Lipinski definition) is 0. The molecule has 1 amide bonds. The third-order valence-electron chi connectivity index (χ3n) is 3.46. The Hall–Kier alpha value is -1.24.